The molecule has 0 spiro atoms. The number of nitrogens with one attached hydrogen (secondary N) is 2. The predicted octanol–water partition coefficient (Wildman–Crippen LogP) is 4.16. The number of hydrogen-bond donors (Lipinski definition) is 2. The highest BCUT2D eigenvalue weighted by Crippen LogP contribution is 2.18. The minimum absolute atomic E-state index is 0.680. The van der Waals surface area contributed by atoms with Crippen LogP contribution in [-0.2, 0) is 13.0 Å². The van der Waals surface area contributed by atoms with Crippen molar-refractivity contribution in [3.8, 4) is 11.8 Å². The Hall–Kier alpha value is -3.29. The molecule has 4 heteroatoms. The van der Waals surface area contributed by atoms with Gasteiger partial charge >= 0.3 is 0 Å². The molecule has 0 aliphatic carbocycles. The summed E-state index contributed by atoms with van der Waals surface area (Å²) in [6, 6.07) is 22.4. The van der Waals surface area contributed by atoms with E-state index >= 15 is 0 Å². The van der Waals surface area contributed by atoms with E-state index in [9.17, 15) is 0 Å². The van der Waals surface area contributed by atoms with Gasteiger partial charge in [0.15, 0.2) is 0 Å². The molecule has 2 heterocycles. The number of aromatic nitrogens is 2. The van der Waals surface area contributed by atoms with Crippen molar-refractivity contribution in [2.24, 2.45) is 0 Å². The van der Waals surface area contributed by atoms with Crippen molar-refractivity contribution in [2.75, 3.05) is 6.54 Å². The first-order chi connectivity index (χ1) is 12.8. The van der Waals surface area contributed by atoms with Crippen LogP contribution >= 0.6 is 0 Å². The molecule has 0 saturated carbocycles. The van der Waals surface area contributed by atoms with Crippen LogP contribution in [0.15, 0.2) is 73.1 Å². The molecule has 0 fully saturated rings. The molecule has 0 amide bonds. The number of hydrogen-bond acceptors (Lipinski definition) is 2. The molecule has 4 aromatic rings. The number of rotatable bonds is 6. The standard InChI is InChI=1S/C22H20N4/c23-14-17-7-9-19(10-8-17)26-13-3-4-20(26)16-24-12-11-18-15-25-22-6-2-1-5-21(18)22/h1-10,13,15,24-25H,11-12,16H2. The maximum Gasteiger partial charge on any atom is 0.0991 e. The zero-order valence-electron chi connectivity index (χ0n) is 14.4. The number of H-pyrrole nitrogens is 1. The van der Waals surface area contributed by atoms with Gasteiger partial charge in [0.1, 0.15) is 0 Å². The van der Waals surface area contributed by atoms with E-state index in [1.807, 2.05) is 24.3 Å². The topological polar surface area (TPSA) is 56.5 Å². The van der Waals surface area contributed by atoms with Gasteiger partial charge in [0, 0.05) is 41.2 Å². The molecule has 2 aromatic heterocycles. The number of fused-ring (bicyclic) bond motifs is 1. The molecule has 0 aliphatic rings. The second-order valence-electron chi connectivity index (χ2n) is 6.31. The lowest BCUT2D eigenvalue weighted by molar-refractivity contribution is 0.667. The molecule has 2 N–H and O–H groups in total. The van der Waals surface area contributed by atoms with Crippen molar-refractivity contribution < 1.29 is 0 Å². The Labute approximate surface area is 152 Å². The summed E-state index contributed by atoms with van der Waals surface area (Å²) in [6.45, 7) is 1.72. The van der Waals surface area contributed by atoms with Crippen molar-refractivity contribution >= 4 is 10.9 Å². The predicted molar refractivity (Wildman–Crippen MR) is 104 cm³/mol. The highest BCUT2D eigenvalue weighted by atomic mass is 15.0. The highest BCUT2D eigenvalue weighted by Gasteiger charge is 2.05. The van der Waals surface area contributed by atoms with Crippen LogP contribution < -0.4 is 5.32 Å². The number of nitrogens with zero attached hydrogens (tertiary/aromatic N) is 2. The van der Waals surface area contributed by atoms with E-state index < -0.39 is 0 Å². The zero-order valence-corrected chi connectivity index (χ0v) is 14.4. The van der Waals surface area contributed by atoms with E-state index in [0.717, 1.165) is 25.2 Å². The smallest absolute Gasteiger partial charge is 0.0991 e. The van der Waals surface area contributed by atoms with E-state index in [0.29, 0.717) is 5.56 Å². The number of para-hydroxylation sites is 1. The fourth-order valence-corrected chi connectivity index (χ4v) is 3.29. The van der Waals surface area contributed by atoms with E-state index in [2.05, 4.69) is 69.7 Å². The van der Waals surface area contributed by atoms with Crippen molar-refractivity contribution in [2.45, 2.75) is 13.0 Å². The largest absolute Gasteiger partial charge is 0.361 e. The van der Waals surface area contributed by atoms with Crippen LogP contribution in [-0.4, -0.2) is 16.1 Å². The van der Waals surface area contributed by atoms with E-state index in [4.69, 9.17) is 5.26 Å². The monoisotopic (exact) mass is 340 g/mol. The molecule has 26 heavy (non-hydrogen) atoms. The van der Waals surface area contributed by atoms with Gasteiger partial charge in [-0.05, 0) is 61.0 Å². The number of nitriles is 1. The zero-order chi connectivity index (χ0) is 17.8. The third-order valence-corrected chi connectivity index (χ3v) is 4.66. The molecule has 0 saturated heterocycles. The minimum Gasteiger partial charge on any atom is -0.361 e. The van der Waals surface area contributed by atoms with Gasteiger partial charge in [-0.1, -0.05) is 18.2 Å². The average Bonchev–Trinajstić information content (AvgIpc) is 3.32. The van der Waals surface area contributed by atoms with Crippen LogP contribution in [0, 0.1) is 11.3 Å². The quantitative estimate of drug-likeness (QED) is 0.518. The number of aromatic amines is 1. The van der Waals surface area contributed by atoms with Gasteiger partial charge < -0.3 is 14.9 Å². The van der Waals surface area contributed by atoms with Crippen LogP contribution in [0.3, 0.4) is 0 Å². The normalized spacial score (nSPS) is 10.9. The molecule has 0 unspecified atom stereocenters. The molecule has 0 bridgehead atoms. The Balaban J connectivity index is 1.38. The summed E-state index contributed by atoms with van der Waals surface area (Å²) in [5.74, 6) is 0. The molecular formula is C22H20N4. The molecular weight excluding hydrogens is 320 g/mol. The van der Waals surface area contributed by atoms with Gasteiger partial charge in [-0.15, -0.1) is 0 Å². The van der Waals surface area contributed by atoms with Crippen LogP contribution in [0.2, 0.25) is 0 Å². The maximum atomic E-state index is 8.93. The Bertz CT molecular complexity index is 1050. The van der Waals surface area contributed by atoms with Gasteiger partial charge in [-0.25, -0.2) is 0 Å². The molecule has 4 rings (SSSR count). The fraction of sp³-hybridized carbons (Fsp3) is 0.136. The Morgan fingerprint density at radius 1 is 1.00 bits per heavy atom. The summed E-state index contributed by atoms with van der Waals surface area (Å²) < 4.78 is 2.15. The van der Waals surface area contributed by atoms with Gasteiger partial charge in [-0.3, -0.25) is 0 Å². The summed E-state index contributed by atoms with van der Waals surface area (Å²) in [4.78, 5) is 3.33. The van der Waals surface area contributed by atoms with Crippen LogP contribution in [0.1, 0.15) is 16.8 Å². The van der Waals surface area contributed by atoms with Gasteiger partial charge in [0.25, 0.3) is 0 Å². The Morgan fingerprint density at radius 2 is 1.85 bits per heavy atom. The van der Waals surface area contributed by atoms with Gasteiger partial charge in [0.2, 0.25) is 0 Å². The maximum absolute atomic E-state index is 8.93. The average molecular weight is 340 g/mol. The summed E-state index contributed by atoms with van der Waals surface area (Å²) in [6.07, 6.45) is 5.14. The lowest BCUT2D eigenvalue weighted by Gasteiger charge is -2.10. The third-order valence-electron chi connectivity index (χ3n) is 4.66. The minimum atomic E-state index is 0.680. The van der Waals surface area contributed by atoms with Crippen LogP contribution in [0.4, 0.5) is 0 Å². The summed E-state index contributed by atoms with van der Waals surface area (Å²) >= 11 is 0. The van der Waals surface area contributed by atoms with Gasteiger partial charge in [-0.2, -0.15) is 5.26 Å². The van der Waals surface area contributed by atoms with Crippen molar-refractivity contribution in [3.05, 3.63) is 89.9 Å². The molecule has 128 valence electrons. The van der Waals surface area contributed by atoms with E-state index in [-0.39, 0.29) is 0 Å². The molecule has 0 atom stereocenters. The molecule has 0 radical (unpaired) electrons. The Morgan fingerprint density at radius 3 is 2.69 bits per heavy atom. The Kier molecular flexibility index (Phi) is 4.55. The van der Waals surface area contributed by atoms with Crippen LogP contribution in [0.5, 0.6) is 0 Å². The van der Waals surface area contributed by atoms with Crippen molar-refractivity contribution in [1.29, 1.82) is 5.26 Å². The lowest BCUT2D eigenvalue weighted by Crippen LogP contribution is -2.18. The molecule has 0 aliphatic heterocycles. The van der Waals surface area contributed by atoms with E-state index in [1.54, 1.807) is 0 Å². The molecule has 2 aromatic carbocycles. The first-order valence-corrected chi connectivity index (χ1v) is 8.77. The number of benzene rings is 2. The summed E-state index contributed by atoms with van der Waals surface area (Å²) in [7, 11) is 0. The third kappa shape index (κ3) is 3.26. The summed E-state index contributed by atoms with van der Waals surface area (Å²) in [5, 5.41) is 13.8. The molecule has 4 nitrogen and oxygen atoms in total. The lowest BCUT2D eigenvalue weighted by atomic mass is 10.1. The second kappa shape index (κ2) is 7.30. The fourth-order valence-electron chi connectivity index (χ4n) is 3.29. The first kappa shape index (κ1) is 16.2. The van der Waals surface area contributed by atoms with Crippen molar-refractivity contribution in [1.82, 2.24) is 14.9 Å². The van der Waals surface area contributed by atoms with Crippen molar-refractivity contribution in [3.63, 3.8) is 0 Å². The highest BCUT2D eigenvalue weighted by molar-refractivity contribution is 5.83. The second-order valence-corrected chi connectivity index (χ2v) is 6.31. The van der Waals surface area contributed by atoms with E-state index in [1.165, 1.54) is 22.2 Å². The first-order valence-electron chi connectivity index (χ1n) is 8.77. The SMILES string of the molecule is N#Cc1ccc(-n2cccc2CNCCc2c[nH]c3ccccc23)cc1. The summed E-state index contributed by atoms with van der Waals surface area (Å²) in [5.41, 5.74) is 5.49. The van der Waals surface area contributed by atoms with Crippen LogP contribution in [0.25, 0.3) is 16.6 Å². The van der Waals surface area contributed by atoms with Gasteiger partial charge in [0.05, 0.1) is 11.6 Å².